The fraction of sp³-hybridized carbons (Fsp3) is 0.375. The molecule has 1 heterocycles. The summed E-state index contributed by atoms with van der Waals surface area (Å²) >= 11 is 0. The smallest absolute Gasteiger partial charge is 0.255 e. The Morgan fingerprint density at radius 2 is 2.24 bits per heavy atom. The molecule has 5 nitrogen and oxygen atoms in total. The molecule has 110 valence electrons. The zero-order valence-electron chi connectivity index (χ0n) is 12.1. The molecule has 0 fully saturated rings. The van der Waals surface area contributed by atoms with E-state index in [2.05, 4.69) is 16.5 Å². The molecular weight excluding hydrogens is 266 g/mol. The van der Waals surface area contributed by atoms with Crippen molar-refractivity contribution in [1.29, 1.82) is 0 Å². The Bertz CT molecular complexity index is 649. The van der Waals surface area contributed by atoms with E-state index in [-0.39, 0.29) is 5.91 Å². The van der Waals surface area contributed by atoms with Crippen LogP contribution in [0.25, 0.3) is 0 Å². The Morgan fingerprint density at radius 1 is 1.38 bits per heavy atom. The first-order valence-electron chi connectivity index (χ1n) is 7.21. The molecule has 0 aliphatic heterocycles. The number of hydrogen-bond acceptors (Lipinski definition) is 3. The lowest BCUT2D eigenvalue weighted by atomic mass is 10.1. The summed E-state index contributed by atoms with van der Waals surface area (Å²) in [6.07, 6.45) is 6.85. The van der Waals surface area contributed by atoms with Gasteiger partial charge in [0.1, 0.15) is 0 Å². The normalized spacial score (nSPS) is 13.2. The summed E-state index contributed by atoms with van der Waals surface area (Å²) in [5.74, 6) is -0.0870. The Balaban J connectivity index is 1.67. The highest BCUT2D eigenvalue weighted by Gasteiger charge is 2.14. The quantitative estimate of drug-likeness (QED) is 0.917. The van der Waals surface area contributed by atoms with Crippen molar-refractivity contribution in [1.82, 2.24) is 9.78 Å². The van der Waals surface area contributed by atoms with Crippen molar-refractivity contribution in [2.75, 3.05) is 19.0 Å². The third-order valence-corrected chi connectivity index (χ3v) is 3.78. The lowest BCUT2D eigenvalue weighted by Gasteiger charge is -2.05. The van der Waals surface area contributed by atoms with Crippen LogP contribution in [0.4, 0.5) is 5.69 Å². The van der Waals surface area contributed by atoms with E-state index >= 15 is 0 Å². The number of nitrogens with one attached hydrogen (secondary N) is 1. The van der Waals surface area contributed by atoms with Gasteiger partial charge in [0.15, 0.2) is 0 Å². The van der Waals surface area contributed by atoms with Gasteiger partial charge in [-0.3, -0.25) is 9.48 Å². The molecule has 1 N–H and O–H groups in total. The predicted molar refractivity (Wildman–Crippen MR) is 80.5 cm³/mol. The van der Waals surface area contributed by atoms with Crippen molar-refractivity contribution in [3.8, 4) is 0 Å². The zero-order chi connectivity index (χ0) is 14.7. The van der Waals surface area contributed by atoms with Crippen molar-refractivity contribution in [2.24, 2.45) is 0 Å². The molecule has 1 aliphatic rings. The van der Waals surface area contributed by atoms with E-state index in [1.807, 2.05) is 18.3 Å². The van der Waals surface area contributed by atoms with Crippen LogP contribution in [0, 0.1) is 0 Å². The van der Waals surface area contributed by atoms with Crippen LogP contribution in [0.3, 0.4) is 0 Å². The maximum absolute atomic E-state index is 12.3. The number of anilines is 1. The van der Waals surface area contributed by atoms with Gasteiger partial charge in [-0.1, -0.05) is 6.07 Å². The first kappa shape index (κ1) is 13.8. The Hall–Kier alpha value is -2.14. The molecule has 0 saturated carbocycles. The summed E-state index contributed by atoms with van der Waals surface area (Å²) < 4.78 is 6.75. The number of carbonyl (C=O) groups is 1. The van der Waals surface area contributed by atoms with E-state index in [1.54, 1.807) is 18.0 Å². The van der Waals surface area contributed by atoms with E-state index in [0.717, 1.165) is 12.8 Å². The maximum Gasteiger partial charge on any atom is 0.255 e. The SMILES string of the molecule is COCCn1cc(NC(=O)c2ccc3c(c2)CCC3)cn1. The fourth-order valence-corrected chi connectivity index (χ4v) is 2.65. The highest BCUT2D eigenvalue weighted by Crippen LogP contribution is 2.23. The van der Waals surface area contributed by atoms with Crippen molar-refractivity contribution in [2.45, 2.75) is 25.8 Å². The largest absolute Gasteiger partial charge is 0.383 e. The minimum atomic E-state index is -0.0870. The number of carbonyl (C=O) groups excluding carboxylic acids is 1. The van der Waals surface area contributed by atoms with Gasteiger partial charge in [-0.05, 0) is 42.5 Å². The number of fused-ring (bicyclic) bond motifs is 1. The number of nitrogens with zero attached hydrogens (tertiary/aromatic N) is 2. The number of aromatic nitrogens is 2. The summed E-state index contributed by atoms with van der Waals surface area (Å²) in [6.45, 7) is 1.27. The predicted octanol–water partition coefficient (Wildman–Crippen LogP) is 2.27. The zero-order valence-corrected chi connectivity index (χ0v) is 12.1. The average Bonchev–Trinajstić information content (AvgIpc) is 3.12. The Kier molecular flexibility index (Phi) is 4.01. The standard InChI is InChI=1S/C16H19N3O2/c1-21-8-7-19-11-15(10-17-19)18-16(20)14-6-5-12-3-2-4-13(12)9-14/h5-6,9-11H,2-4,7-8H2,1H3,(H,18,20). The van der Waals surface area contributed by atoms with Crippen LogP contribution >= 0.6 is 0 Å². The minimum absolute atomic E-state index is 0.0870. The fourth-order valence-electron chi connectivity index (χ4n) is 2.65. The summed E-state index contributed by atoms with van der Waals surface area (Å²) in [4.78, 5) is 12.3. The van der Waals surface area contributed by atoms with Gasteiger partial charge in [0.05, 0.1) is 25.0 Å². The van der Waals surface area contributed by atoms with Crippen molar-refractivity contribution in [3.63, 3.8) is 0 Å². The molecule has 0 atom stereocenters. The van der Waals surface area contributed by atoms with Crippen LogP contribution < -0.4 is 5.32 Å². The molecule has 2 aromatic rings. The van der Waals surface area contributed by atoms with Crippen molar-refractivity contribution < 1.29 is 9.53 Å². The van der Waals surface area contributed by atoms with E-state index in [1.165, 1.54) is 17.5 Å². The second kappa shape index (κ2) is 6.10. The number of aryl methyl sites for hydroxylation is 2. The van der Waals surface area contributed by atoms with Crippen molar-refractivity contribution >= 4 is 11.6 Å². The van der Waals surface area contributed by atoms with E-state index in [9.17, 15) is 4.79 Å². The van der Waals surface area contributed by atoms with Gasteiger partial charge in [-0.25, -0.2) is 0 Å². The topological polar surface area (TPSA) is 56.1 Å². The van der Waals surface area contributed by atoms with Crippen molar-refractivity contribution in [3.05, 3.63) is 47.3 Å². The maximum atomic E-state index is 12.3. The number of benzene rings is 1. The third kappa shape index (κ3) is 3.13. The second-order valence-electron chi connectivity index (χ2n) is 5.28. The molecule has 0 bridgehead atoms. The van der Waals surface area contributed by atoms with Crippen LogP contribution in [-0.2, 0) is 24.1 Å². The van der Waals surface area contributed by atoms with Gasteiger partial charge in [0, 0.05) is 18.9 Å². The molecule has 1 aromatic carbocycles. The van der Waals surface area contributed by atoms with Gasteiger partial charge < -0.3 is 10.1 Å². The number of rotatable bonds is 5. The Morgan fingerprint density at radius 3 is 3.10 bits per heavy atom. The molecule has 5 heteroatoms. The van der Waals surface area contributed by atoms with Crippen LogP contribution in [-0.4, -0.2) is 29.4 Å². The lowest BCUT2D eigenvalue weighted by Crippen LogP contribution is -2.12. The molecule has 1 amide bonds. The number of methoxy groups -OCH3 is 1. The molecule has 21 heavy (non-hydrogen) atoms. The first-order valence-corrected chi connectivity index (χ1v) is 7.21. The average molecular weight is 285 g/mol. The summed E-state index contributed by atoms with van der Waals surface area (Å²) in [5, 5.41) is 7.06. The molecule has 0 saturated heterocycles. The van der Waals surface area contributed by atoms with E-state index < -0.39 is 0 Å². The highest BCUT2D eigenvalue weighted by atomic mass is 16.5. The van der Waals surface area contributed by atoms with Gasteiger partial charge in [0.25, 0.3) is 5.91 Å². The number of amides is 1. The monoisotopic (exact) mass is 285 g/mol. The lowest BCUT2D eigenvalue weighted by molar-refractivity contribution is 0.102. The summed E-state index contributed by atoms with van der Waals surface area (Å²) in [6, 6.07) is 5.97. The first-order chi connectivity index (χ1) is 10.3. The van der Waals surface area contributed by atoms with Gasteiger partial charge >= 0.3 is 0 Å². The van der Waals surface area contributed by atoms with Gasteiger partial charge in [0.2, 0.25) is 0 Å². The Labute approximate surface area is 123 Å². The number of hydrogen-bond donors (Lipinski definition) is 1. The molecule has 0 unspecified atom stereocenters. The second-order valence-corrected chi connectivity index (χ2v) is 5.28. The highest BCUT2D eigenvalue weighted by molar-refractivity contribution is 6.04. The van der Waals surface area contributed by atoms with E-state index in [0.29, 0.717) is 24.4 Å². The minimum Gasteiger partial charge on any atom is -0.383 e. The van der Waals surface area contributed by atoms with Crippen LogP contribution in [0.1, 0.15) is 27.9 Å². The molecule has 0 spiro atoms. The molecule has 3 rings (SSSR count). The van der Waals surface area contributed by atoms with Crippen LogP contribution in [0.15, 0.2) is 30.6 Å². The van der Waals surface area contributed by atoms with Gasteiger partial charge in [-0.2, -0.15) is 5.10 Å². The van der Waals surface area contributed by atoms with E-state index in [4.69, 9.17) is 4.74 Å². The molecule has 1 aromatic heterocycles. The van der Waals surface area contributed by atoms with Gasteiger partial charge in [-0.15, -0.1) is 0 Å². The summed E-state index contributed by atoms with van der Waals surface area (Å²) in [7, 11) is 1.65. The molecule has 1 aliphatic carbocycles. The molecular formula is C16H19N3O2. The van der Waals surface area contributed by atoms with Crippen LogP contribution in [0.5, 0.6) is 0 Å². The number of ether oxygens (including phenoxy) is 1. The van der Waals surface area contributed by atoms with Crippen LogP contribution in [0.2, 0.25) is 0 Å². The summed E-state index contributed by atoms with van der Waals surface area (Å²) in [5.41, 5.74) is 4.09. The molecule has 0 radical (unpaired) electrons. The third-order valence-electron chi connectivity index (χ3n) is 3.78.